The normalized spacial score (nSPS) is 10.5. The molecule has 0 atom stereocenters. The third kappa shape index (κ3) is 5.50. The van der Waals surface area contributed by atoms with E-state index in [9.17, 15) is 14.4 Å². The molecule has 1 heterocycles. The van der Waals surface area contributed by atoms with Gasteiger partial charge in [0, 0.05) is 26.4 Å². The summed E-state index contributed by atoms with van der Waals surface area (Å²) in [5.41, 5.74) is -0.251. The predicted molar refractivity (Wildman–Crippen MR) is 80.0 cm³/mol. The van der Waals surface area contributed by atoms with Gasteiger partial charge < -0.3 is 15.7 Å². The molecule has 0 unspecified atom stereocenters. The second-order valence-electron chi connectivity index (χ2n) is 4.93. The monoisotopic (exact) mass is 313 g/mol. The molecule has 0 bridgehead atoms. The molecule has 3 N–H and O–H groups in total. The van der Waals surface area contributed by atoms with Crippen molar-refractivity contribution in [3.8, 4) is 0 Å². The first-order valence-electron chi connectivity index (χ1n) is 6.57. The number of anilines is 1. The maximum atomic E-state index is 11.5. The van der Waals surface area contributed by atoms with Crippen LogP contribution in [0.3, 0.4) is 0 Å². The molecular formula is C13H19N3O4S. The number of thiazole rings is 1. The van der Waals surface area contributed by atoms with Gasteiger partial charge in [0.25, 0.3) is 0 Å². The van der Waals surface area contributed by atoms with Gasteiger partial charge in [-0.15, -0.1) is 0 Å². The van der Waals surface area contributed by atoms with Crippen LogP contribution in [0.1, 0.15) is 47.4 Å². The lowest BCUT2D eigenvalue weighted by atomic mass is 10.2. The van der Waals surface area contributed by atoms with Crippen LogP contribution in [0.5, 0.6) is 0 Å². The lowest BCUT2D eigenvalue weighted by molar-refractivity contribution is -0.120. The van der Waals surface area contributed by atoms with Crippen molar-refractivity contribution in [2.45, 2.75) is 27.2 Å². The van der Waals surface area contributed by atoms with Crippen LogP contribution in [0.15, 0.2) is 0 Å². The summed E-state index contributed by atoms with van der Waals surface area (Å²) in [6.07, 6.45) is 0.254. The molecule has 0 radical (unpaired) electrons. The zero-order valence-corrected chi connectivity index (χ0v) is 13.0. The van der Waals surface area contributed by atoms with Crippen LogP contribution < -0.4 is 10.6 Å². The highest BCUT2D eigenvalue weighted by atomic mass is 32.1. The number of hydrogen-bond acceptors (Lipinski definition) is 6. The number of carboxylic acid groups (broad SMARTS) is 1. The first-order valence-corrected chi connectivity index (χ1v) is 7.38. The van der Waals surface area contributed by atoms with Gasteiger partial charge in [0.15, 0.2) is 16.6 Å². The largest absolute Gasteiger partial charge is 0.476 e. The molecule has 0 spiro atoms. The first-order chi connectivity index (χ1) is 9.81. The summed E-state index contributed by atoms with van der Waals surface area (Å²) < 4.78 is 0. The Kier molecular flexibility index (Phi) is 6.29. The molecule has 0 fully saturated rings. The average molecular weight is 313 g/mol. The minimum atomic E-state index is -1.24. The highest BCUT2D eigenvalue weighted by Gasteiger charge is 2.20. The molecule has 0 aliphatic carbocycles. The highest BCUT2D eigenvalue weighted by Crippen LogP contribution is 2.23. The summed E-state index contributed by atoms with van der Waals surface area (Å²) in [6, 6.07) is 0. The number of carboxylic acids is 1. The maximum Gasteiger partial charge on any atom is 0.356 e. The van der Waals surface area contributed by atoms with Crippen molar-refractivity contribution in [3.63, 3.8) is 0 Å². The Morgan fingerprint density at radius 1 is 1.33 bits per heavy atom. The second kappa shape index (κ2) is 7.72. The zero-order valence-electron chi connectivity index (χ0n) is 12.2. The lowest BCUT2D eigenvalue weighted by Crippen LogP contribution is -2.28. The second-order valence-corrected chi connectivity index (χ2v) is 5.93. The number of nitrogens with zero attached hydrogens (tertiary/aromatic N) is 1. The average Bonchev–Trinajstić information content (AvgIpc) is 2.81. The summed E-state index contributed by atoms with van der Waals surface area (Å²) in [5, 5.41) is 14.9. The minimum absolute atomic E-state index is 0.0852. The smallest absolute Gasteiger partial charge is 0.356 e. The van der Waals surface area contributed by atoms with E-state index in [1.54, 1.807) is 0 Å². The molecular weight excluding hydrogens is 294 g/mol. The van der Waals surface area contributed by atoms with Crippen LogP contribution in [0.25, 0.3) is 0 Å². The van der Waals surface area contributed by atoms with Crippen molar-refractivity contribution in [1.82, 2.24) is 10.3 Å². The minimum Gasteiger partial charge on any atom is -0.476 e. The molecule has 1 amide bonds. The fourth-order valence-electron chi connectivity index (χ4n) is 1.47. The molecule has 1 aromatic heterocycles. The molecule has 7 nitrogen and oxygen atoms in total. The van der Waals surface area contributed by atoms with Gasteiger partial charge >= 0.3 is 5.97 Å². The summed E-state index contributed by atoms with van der Waals surface area (Å²) in [7, 11) is 0. The number of carbonyl (C=O) groups excluding carboxylic acids is 2. The topological polar surface area (TPSA) is 108 Å². The Hall–Kier alpha value is -1.96. The SMILES string of the molecule is CC(=O)c1sc(NCCC(=O)NCC(C)C)nc1C(=O)O. The predicted octanol–water partition coefficient (Wildman–Crippen LogP) is 1.62. The molecule has 0 aliphatic heterocycles. The summed E-state index contributed by atoms with van der Waals surface area (Å²) >= 11 is 0.982. The molecule has 116 valence electrons. The van der Waals surface area contributed by atoms with E-state index in [4.69, 9.17) is 5.11 Å². The van der Waals surface area contributed by atoms with E-state index in [-0.39, 0.29) is 28.7 Å². The van der Waals surface area contributed by atoms with Gasteiger partial charge in [-0.3, -0.25) is 9.59 Å². The number of amides is 1. The number of ketones is 1. The van der Waals surface area contributed by atoms with Gasteiger partial charge in [-0.1, -0.05) is 25.2 Å². The van der Waals surface area contributed by atoms with E-state index in [0.29, 0.717) is 24.1 Å². The molecule has 0 aliphatic rings. The quantitative estimate of drug-likeness (QED) is 0.629. The van der Waals surface area contributed by atoms with Crippen LogP contribution in [0, 0.1) is 5.92 Å². The Morgan fingerprint density at radius 2 is 2.00 bits per heavy atom. The van der Waals surface area contributed by atoms with Crippen molar-refractivity contribution in [1.29, 1.82) is 0 Å². The molecule has 8 heteroatoms. The lowest BCUT2D eigenvalue weighted by Gasteiger charge is -2.07. The van der Waals surface area contributed by atoms with Crippen LogP contribution in [0.4, 0.5) is 5.13 Å². The van der Waals surface area contributed by atoms with Crippen molar-refractivity contribution in [2.24, 2.45) is 5.92 Å². The summed E-state index contributed by atoms with van der Waals surface area (Å²) in [4.78, 5) is 37.8. The highest BCUT2D eigenvalue weighted by molar-refractivity contribution is 7.17. The Bertz CT molecular complexity index is 508. The number of aromatic carboxylic acids is 1. The molecule has 0 saturated heterocycles. The van der Waals surface area contributed by atoms with E-state index < -0.39 is 5.97 Å². The van der Waals surface area contributed by atoms with Gasteiger partial charge in [0.2, 0.25) is 5.91 Å². The fraction of sp³-hybridized carbons (Fsp3) is 0.538. The summed E-state index contributed by atoms with van der Waals surface area (Å²) in [6.45, 7) is 6.25. The van der Waals surface area contributed by atoms with Crippen molar-refractivity contribution >= 4 is 34.1 Å². The van der Waals surface area contributed by atoms with Crippen LogP contribution in [-0.4, -0.2) is 40.8 Å². The molecule has 0 aromatic carbocycles. The van der Waals surface area contributed by atoms with Gasteiger partial charge in [0.05, 0.1) is 0 Å². The van der Waals surface area contributed by atoms with E-state index in [1.807, 2.05) is 13.8 Å². The number of aromatic nitrogens is 1. The van der Waals surface area contributed by atoms with E-state index in [2.05, 4.69) is 15.6 Å². The first kappa shape index (κ1) is 17.1. The molecule has 0 saturated carbocycles. The number of rotatable bonds is 8. The van der Waals surface area contributed by atoms with Gasteiger partial charge in [-0.05, 0) is 5.92 Å². The summed E-state index contributed by atoms with van der Waals surface area (Å²) in [5.74, 6) is -1.28. The molecule has 1 rings (SSSR count). The number of carbonyl (C=O) groups is 3. The van der Waals surface area contributed by atoms with E-state index in [1.165, 1.54) is 6.92 Å². The zero-order chi connectivity index (χ0) is 16.0. The standard InChI is InChI=1S/C13H19N3O4S/c1-7(2)6-15-9(18)4-5-14-13-16-10(12(19)20)11(21-13)8(3)17/h7H,4-6H2,1-3H3,(H,14,16)(H,15,18)(H,19,20). The molecule has 1 aromatic rings. The van der Waals surface area contributed by atoms with Gasteiger partial charge in [-0.2, -0.15) is 0 Å². The Balaban J connectivity index is 2.53. The van der Waals surface area contributed by atoms with Crippen molar-refractivity contribution in [2.75, 3.05) is 18.4 Å². The van der Waals surface area contributed by atoms with E-state index in [0.717, 1.165) is 11.3 Å². The third-order valence-corrected chi connectivity index (χ3v) is 3.60. The fourth-order valence-corrected chi connectivity index (χ4v) is 2.35. The third-order valence-electron chi connectivity index (χ3n) is 2.49. The molecule has 21 heavy (non-hydrogen) atoms. The Labute approximate surface area is 126 Å². The maximum absolute atomic E-state index is 11.5. The van der Waals surface area contributed by atoms with Crippen molar-refractivity contribution in [3.05, 3.63) is 10.6 Å². The van der Waals surface area contributed by atoms with E-state index >= 15 is 0 Å². The van der Waals surface area contributed by atoms with Crippen LogP contribution in [-0.2, 0) is 4.79 Å². The van der Waals surface area contributed by atoms with Crippen molar-refractivity contribution < 1.29 is 19.5 Å². The number of Topliss-reactive ketones (excluding diaryl/α,β-unsaturated/α-hetero) is 1. The van der Waals surface area contributed by atoms with Crippen LogP contribution in [0.2, 0.25) is 0 Å². The number of hydrogen-bond donors (Lipinski definition) is 3. The van der Waals surface area contributed by atoms with Gasteiger partial charge in [0.1, 0.15) is 4.88 Å². The Morgan fingerprint density at radius 3 is 2.48 bits per heavy atom. The van der Waals surface area contributed by atoms with Crippen LogP contribution >= 0.6 is 11.3 Å². The van der Waals surface area contributed by atoms with Gasteiger partial charge in [-0.25, -0.2) is 9.78 Å². The number of nitrogens with one attached hydrogen (secondary N) is 2.